The third-order valence-corrected chi connectivity index (χ3v) is 2.33. The molecule has 0 heterocycles. The van der Waals surface area contributed by atoms with E-state index >= 15 is 0 Å². The maximum atomic E-state index is 12.5. The third kappa shape index (κ3) is 4.69. The molecule has 0 aromatic carbocycles. The average Bonchev–Trinajstić information content (AvgIpc) is 2.14. The number of oxime groups is 1. The topological polar surface area (TPSA) is 67.8 Å². The van der Waals surface area contributed by atoms with Gasteiger partial charge in [-0.3, -0.25) is 0 Å². The van der Waals surface area contributed by atoms with E-state index in [1.165, 1.54) is 0 Å². The first-order valence-electron chi connectivity index (χ1n) is 4.85. The van der Waals surface area contributed by atoms with E-state index in [2.05, 4.69) is 5.16 Å². The Morgan fingerprint density at radius 3 is 2.19 bits per heavy atom. The highest BCUT2D eigenvalue weighted by molar-refractivity contribution is 5.83. The Bertz CT molecular complexity index is 241. The molecule has 2 atom stereocenters. The van der Waals surface area contributed by atoms with Crippen LogP contribution in [0.4, 0.5) is 13.2 Å². The molecule has 0 bridgehead atoms. The first kappa shape index (κ1) is 15.0. The number of nitrogens with two attached hydrogens (primary N) is 1. The second-order valence-electron chi connectivity index (χ2n) is 3.90. The van der Waals surface area contributed by atoms with Crippen molar-refractivity contribution < 1.29 is 23.1 Å². The largest absolute Gasteiger partial charge is 0.409 e. The van der Waals surface area contributed by atoms with Gasteiger partial charge in [0.05, 0.1) is 12.7 Å². The van der Waals surface area contributed by atoms with Crippen LogP contribution >= 0.6 is 0 Å². The smallest absolute Gasteiger partial charge is 0.401 e. The Labute approximate surface area is 92.3 Å². The summed E-state index contributed by atoms with van der Waals surface area (Å²) in [6, 6.07) is 0. The number of rotatable bonds is 5. The van der Waals surface area contributed by atoms with Gasteiger partial charge in [-0.25, -0.2) is 0 Å². The van der Waals surface area contributed by atoms with Crippen LogP contribution in [0.5, 0.6) is 0 Å². The lowest BCUT2D eigenvalue weighted by atomic mass is 10.1. The van der Waals surface area contributed by atoms with E-state index in [0.717, 1.165) is 0 Å². The molecular weight excluding hydrogens is 225 g/mol. The molecule has 0 aromatic heterocycles. The molecule has 0 aliphatic heterocycles. The van der Waals surface area contributed by atoms with Crippen molar-refractivity contribution in [1.82, 2.24) is 0 Å². The highest BCUT2D eigenvalue weighted by Crippen LogP contribution is 2.27. The van der Waals surface area contributed by atoms with Crippen molar-refractivity contribution in [3.8, 4) is 0 Å². The van der Waals surface area contributed by atoms with Gasteiger partial charge >= 0.3 is 6.18 Å². The van der Waals surface area contributed by atoms with Crippen molar-refractivity contribution in [2.75, 3.05) is 6.61 Å². The van der Waals surface area contributed by atoms with E-state index in [-0.39, 0.29) is 12.0 Å². The van der Waals surface area contributed by atoms with Gasteiger partial charge in [0.2, 0.25) is 0 Å². The average molecular weight is 242 g/mol. The standard InChI is InChI=1S/C9H17F3N2O2/c1-5(2)6(3)16-4-7(8(13)14-15)9(10,11)12/h5-7,15H,4H2,1-3H3,(H2,13,14). The summed E-state index contributed by atoms with van der Waals surface area (Å²) < 4.78 is 42.4. The molecule has 0 aliphatic carbocycles. The molecule has 0 rings (SSSR count). The van der Waals surface area contributed by atoms with Crippen LogP contribution in [-0.4, -0.2) is 29.9 Å². The molecule has 0 aromatic rings. The fourth-order valence-electron chi connectivity index (χ4n) is 0.858. The third-order valence-electron chi connectivity index (χ3n) is 2.33. The van der Waals surface area contributed by atoms with Gasteiger partial charge in [-0.2, -0.15) is 13.2 Å². The SMILES string of the molecule is CC(C)C(C)OCC(C(N)=NO)C(F)(F)F. The first-order chi connectivity index (χ1) is 7.20. The number of hydrogen-bond acceptors (Lipinski definition) is 3. The Hall–Kier alpha value is -0.980. The highest BCUT2D eigenvalue weighted by atomic mass is 19.4. The first-order valence-corrected chi connectivity index (χ1v) is 4.85. The fraction of sp³-hybridized carbons (Fsp3) is 0.889. The molecule has 3 N–H and O–H groups in total. The summed E-state index contributed by atoms with van der Waals surface area (Å²) >= 11 is 0. The molecular formula is C9H17F3N2O2. The summed E-state index contributed by atoms with van der Waals surface area (Å²) in [4.78, 5) is 0. The summed E-state index contributed by atoms with van der Waals surface area (Å²) in [5.74, 6) is -2.86. The van der Waals surface area contributed by atoms with E-state index in [9.17, 15) is 13.2 Å². The van der Waals surface area contributed by atoms with E-state index in [4.69, 9.17) is 15.7 Å². The normalized spacial score (nSPS) is 17.6. The Kier molecular flexibility index (Phi) is 5.57. The summed E-state index contributed by atoms with van der Waals surface area (Å²) in [6.07, 6.45) is -4.90. The number of halogens is 3. The predicted molar refractivity (Wildman–Crippen MR) is 53.2 cm³/mol. The van der Waals surface area contributed by atoms with Crippen molar-refractivity contribution >= 4 is 5.84 Å². The van der Waals surface area contributed by atoms with E-state index in [1.54, 1.807) is 6.92 Å². The lowest BCUT2D eigenvalue weighted by molar-refractivity contribution is -0.173. The monoisotopic (exact) mass is 242 g/mol. The summed E-state index contributed by atoms with van der Waals surface area (Å²) in [5, 5.41) is 10.6. The fourth-order valence-corrected chi connectivity index (χ4v) is 0.858. The summed E-state index contributed by atoms with van der Waals surface area (Å²) in [6.45, 7) is 4.69. The van der Waals surface area contributed by atoms with Gasteiger partial charge in [0.15, 0.2) is 5.84 Å². The zero-order valence-electron chi connectivity index (χ0n) is 9.45. The summed E-state index contributed by atoms with van der Waals surface area (Å²) in [5.41, 5.74) is 4.97. The van der Waals surface area contributed by atoms with Gasteiger partial charge in [-0.15, -0.1) is 0 Å². The van der Waals surface area contributed by atoms with Gasteiger partial charge in [0.1, 0.15) is 5.92 Å². The van der Waals surface area contributed by atoms with Gasteiger partial charge in [0, 0.05) is 0 Å². The van der Waals surface area contributed by atoms with Crippen LogP contribution in [0.2, 0.25) is 0 Å². The van der Waals surface area contributed by atoms with Crippen LogP contribution in [0, 0.1) is 11.8 Å². The molecule has 0 saturated carbocycles. The molecule has 0 radical (unpaired) electrons. The molecule has 96 valence electrons. The molecule has 4 nitrogen and oxygen atoms in total. The molecule has 2 unspecified atom stereocenters. The molecule has 0 spiro atoms. The van der Waals surface area contributed by atoms with Crippen LogP contribution in [0.1, 0.15) is 20.8 Å². The number of ether oxygens (including phenoxy) is 1. The Balaban J connectivity index is 4.47. The van der Waals surface area contributed by atoms with E-state index in [1.807, 2.05) is 13.8 Å². The zero-order chi connectivity index (χ0) is 12.9. The van der Waals surface area contributed by atoms with Crippen LogP contribution in [-0.2, 0) is 4.74 Å². The highest BCUT2D eigenvalue weighted by Gasteiger charge is 2.43. The van der Waals surface area contributed by atoms with Crippen molar-refractivity contribution in [3.05, 3.63) is 0 Å². The molecule has 0 amide bonds. The number of amidine groups is 1. The zero-order valence-corrected chi connectivity index (χ0v) is 9.45. The van der Waals surface area contributed by atoms with Crippen molar-refractivity contribution in [3.63, 3.8) is 0 Å². The molecule has 16 heavy (non-hydrogen) atoms. The van der Waals surface area contributed by atoms with Gasteiger partial charge in [-0.1, -0.05) is 19.0 Å². The quantitative estimate of drug-likeness (QED) is 0.335. The van der Waals surface area contributed by atoms with Crippen molar-refractivity contribution in [1.29, 1.82) is 0 Å². The van der Waals surface area contributed by atoms with Gasteiger partial charge in [0.25, 0.3) is 0 Å². The maximum Gasteiger partial charge on any atom is 0.401 e. The van der Waals surface area contributed by atoms with E-state index in [0.29, 0.717) is 0 Å². The minimum absolute atomic E-state index is 0.0983. The number of hydrogen-bond donors (Lipinski definition) is 2. The minimum Gasteiger partial charge on any atom is -0.409 e. The second-order valence-corrected chi connectivity index (χ2v) is 3.90. The summed E-state index contributed by atoms with van der Waals surface area (Å²) in [7, 11) is 0. The number of alkyl halides is 3. The molecule has 0 saturated heterocycles. The molecule has 0 aliphatic rings. The van der Waals surface area contributed by atoms with Crippen LogP contribution in [0.3, 0.4) is 0 Å². The molecule has 0 fully saturated rings. The van der Waals surface area contributed by atoms with E-state index < -0.39 is 24.5 Å². The number of nitrogens with zero attached hydrogens (tertiary/aromatic N) is 1. The van der Waals surface area contributed by atoms with Crippen molar-refractivity contribution in [2.24, 2.45) is 22.7 Å². The van der Waals surface area contributed by atoms with Crippen LogP contribution < -0.4 is 5.73 Å². The Morgan fingerprint density at radius 2 is 1.88 bits per heavy atom. The molecule has 7 heteroatoms. The predicted octanol–water partition coefficient (Wildman–Crippen LogP) is 1.97. The maximum absolute atomic E-state index is 12.5. The van der Waals surface area contributed by atoms with Crippen LogP contribution in [0.15, 0.2) is 5.16 Å². The van der Waals surface area contributed by atoms with Gasteiger partial charge < -0.3 is 15.7 Å². The van der Waals surface area contributed by atoms with Crippen LogP contribution in [0.25, 0.3) is 0 Å². The lowest BCUT2D eigenvalue weighted by Crippen LogP contribution is -2.40. The van der Waals surface area contributed by atoms with Gasteiger partial charge in [-0.05, 0) is 12.8 Å². The minimum atomic E-state index is -4.58. The van der Waals surface area contributed by atoms with Crippen molar-refractivity contribution in [2.45, 2.75) is 33.1 Å². The Morgan fingerprint density at radius 1 is 1.38 bits per heavy atom. The second kappa shape index (κ2) is 5.93. The lowest BCUT2D eigenvalue weighted by Gasteiger charge is -2.22.